The Morgan fingerprint density at radius 2 is 2.33 bits per heavy atom. The van der Waals surface area contributed by atoms with Gasteiger partial charge in [0.2, 0.25) is 0 Å². The first kappa shape index (κ1) is 15.3. The summed E-state index contributed by atoms with van der Waals surface area (Å²) in [5, 5.41) is 19.4. The Labute approximate surface area is 123 Å². The number of piperidine rings is 1. The first-order valence-corrected chi connectivity index (χ1v) is 7.13. The lowest BCUT2D eigenvalue weighted by atomic mass is 9.95. The maximum atomic E-state index is 12.1. The van der Waals surface area contributed by atoms with E-state index in [-0.39, 0.29) is 18.4 Å². The van der Waals surface area contributed by atoms with Crippen LogP contribution in [0.25, 0.3) is 0 Å². The molecule has 0 radical (unpaired) electrons. The highest BCUT2D eigenvalue weighted by atomic mass is 16.4. The van der Waals surface area contributed by atoms with Gasteiger partial charge in [-0.1, -0.05) is 0 Å². The number of hydrogen-bond acceptors (Lipinski definition) is 4. The molecule has 2 heterocycles. The largest absolute Gasteiger partial charge is 0.481 e. The van der Waals surface area contributed by atoms with Gasteiger partial charge in [0.15, 0.2) is 0 Å². The predicted octanol–water partition coefficient (Wildman–Crippen LogP) is 0.254. The number of amides is 2. The number of carbonyl (C=O) groups is 2. The van der Waals surface area contributed by atoms with Crippen molar-refractivity contribution in [1.29, 1.82) is 0 Å². The second kappa shape index (κ2) is 7.05. The van der Waals surface area contributed by atoms with Gasteiger partial charge < -0.3 is 19.9 Å². The Balaban J connectivity index is 1.75. The number of hydrogen-bond donors (Lipinski definition) is 2. The lowest BCUT2D eigenvalue weighted by Gasteiger charge is -2.32. The van der Waals surface area contributed by atoms with Crippen LogP contribution in [0.15, 0.2) is 6.33 Å². The van der Waals surface area contributed by atoms with Crippen molar-refractivity contribution in [3.8, 4) is 0 Å². The van der Waals surface area contributed by atoms with Gasteiger partial charge in [-0.2, -0.15) is 0 Å². The van der Waals surface area contributed by atoms with Crippen LogP contribution in [0.5, 0.6) is 0 Å². The van der Waals surface area contributed by atoms with E-state index in [0.717, 1.165) is 18.7 Å². The fourth-order valence-corrected chi connectivity index (χ4v) is 2.59. The molecule has 0 spiro atoms. The molecule has 1 aromatic rings. The SMILES string of the molecule is Cn1cnnc1CCNC(=O)N1CCCC(CC(=O)O)C1. The molecule has 1 aliphatic rings. The Morgan fingerprint density at radius 1 is 1.52 bits per heavy atom. The van der Waals surface area contributed by atoms with Crippen LogP contribution < -0.4 is 5.32 Å². The van der Waals surface area contributed by atoms with Crippen molar-refractivity contribution in [1.82, 2.24) is 25.0 Å². The molecule has 8 nitrogen and oxygen atoms in total. The number of aromatic nitrogens is 3. The molecule has 0 saturated carbocycles. The number of urea groups is 1. The quantitative estimate of drug-likeness (QED) is 0.811. The second-order valence-corrected chi connectivity index (χ2v) is 5.39. The molecule has 2 rings (SSSR count). The van der Waals surface area contributed by atoms with E-state index in [1.807, 2.05) is 11.6 Å². The number of carboxylic acids is 1. The highest BCUT2D eigenvalue weighted by Crippen LogP contribution is 2.19. The van der Waals surface area contributed by atoms with Crippen LogP contribution in [0.3, 0.4) is 0 Å². The summed E-state index contributed by atoms with van der Waals surface area (Å²) in [6.45, 7) is 1.69. The van der Waals surface area contributed by atoms with Crippen LogP contribution >= 0.6 is 0 Å². The molecule has 116 valence electrons. The maximum absolute atomic E-state index is 12.1. The molecule has 2 N–H and O–H groups in total. The van der Waals surface area contributed by atoms with Crippen molar-refractivity contribution >= 4 is 12.0 Å². The lowest BCUT2D eigenvalue weighted by Crippen LogP contribution is -2.46. The maximum Gasteiger partial charge on any atom is 0.317 e. The van der Waals surface area contributed by atoms with Crippen LogP contribution in [-0.2, 0) is 18.3 Å². The number of nitrogens with zero attached hydrogens (tertiary/aromatic N) is 4. The molecule has 1 unspecified atom stereocenters. The molecule has 1 atom stereocenters. The smallest absolute Gasteiger partial charge is 0.317 e. The summed E-state index contributed by atoms with van der Waals surface area (Å²) >= 11 is 0. The van der Waals surface area contributed by atoms with Gasteiger partial charge in [-0.15, -0.1) is 10.2 Å². The third-order valence-electron chi connectivity index (χ3n) is 3.70. The molecular weight excluding hydrogens is 274 g/mol. The minimum absolute atomic E-state index is 0.0562. The van der Waals surface area contributed by atoms with Crippen LogP contribution in [0.4, 0.5) is 4.79 Å². The number of carboxylic acid groups (broad SMARTS) is 1. The van der Waals surface area contributed by atoms with Crippen molar-refractivity contribution in [3.05, 3.63) is 12.2 Å². The molecule has 2 amide bonds. The van der Waals surface area contributed by atoms with Gasteiger partial charge >= 0.3 is 12.0 Å². The number of aryl methyl sites for hydroxylation is 1. The normalized spacial score (nSPS) is 18.5. The molecule has 21 heavy (non-hydrogen) atoms. The van der Waals surface area contributed by atoms with Crippen molar-refractivity contribution in [3.63, 3.8) is 0 Å². The lowest BCUT2D eigenvalue weighted by molar-refractivity contribution is -0.138. The van der Waals surface area contributed by atoms with E-state index in [2.05, 4.69) is 15.5 Å². The monoisotopic (exact) mass is 295 g/mol. The summed E-state index contributed by atoms with van der Waals surface area (Å²) in [6, 6.07) is -0.132. The molecule has 1 saturated heterocycles. The fraction of sp³-hybridized carbons (Fsp3) is 0.692. The zero-order valence-electron chi connectivity index (χ0n) is 12.2. The predicted molar refractivity (Wildman–Crippen MR) is 74.7 cm³/mol. The highest BCUT2D eigenvalue weighted by molar-refractivity contribution is 5.74. The summed E-state index contributed by atoms with van der Waals surface area (Å²) in [4.78, 5) is 24.5. The minimum Gasteiger partial charge on any atom is -0.481 e. The van der Waals surface area contributed by atoms with Gasteiger partial charge in [-0.25, -0.2) is 4.79 Å². The van der Waals surface area contributed by atoms with Crippen molar-refractivity contribution in [2.24, 2.45) is 13.0 Å². The topological polar surface area (TPSA) is 100 Å². The Hall–Kier alpha value is -2.12. The molecule has 0 aliphatic carbocycles. The number of rotatable bonds is 5. The molecule has 1 fully saturated rings. The van der Waals surface area contributed by atoms with Gasteiger partial charge in [0.05, 0.1) is 0 Å². The van der Waals surface area contributed by atoms with Crippen LogP contribution in [0.1, 0.15) is 25.1 Å². The second-order valence-electron chi connectivity index (χ2n) is 5.39. The highest BCUT2D eigenvalue weighted by Gasteiger charge is 2.24. The third-order valence-corrected chi connectivity index (χ3v) is 3.70. The number of carbonyl (C=O) groups excluding carboxylic acids is 1. The first-order valence-electron chi connectivity index (χ1n) is 7.13. The van der Waals surface area contributed by atoms with E-state index in [4.69, 9.17) is 5.11 Å². The Kier molecular flexibility index (Phi) is 5.13. The Morgan fingerprint density at radius 3 is 3.00 bits per heavy atom. The van der Waals surface area contributed by atoms with Crippen LogP contribution in [-0.4, -0.2) is 56.4 Å². The number of likely N-dealkylation sites (tertiary alicyclic amines) is 1. The first-order chi connectivity index (χ1) is 10.1. The van der Waals surface area contributed by atoms with Crippen molar-refractivity contribution < 1.29 is 14.7 Å². The minimum atomic E-state index is -0.801. The van der Waals surface area contributed by atoms with E-state index in [1.54, 1.807) is 11.2 Å². The molecule has 0 aromatic carbocycles. The molecule has 0 bridgehead atoms. The van der Waals surface area contributed by atoms with Gasteiger partial charge in [-0.05, 0) is 18.8 Å². The van der Waals surface area contributed by atoms with Gasteiger partial charge in [0, 0.05) is 39.5 Å². The van der Waals surface area contributed by atoms with E-state index in [0.29, 0.717) is 26.1 Å². The third kappa shape index (κ3) is 4.44. The number of aliphatic carboxylic acids is 1. The van der Waals surface area contributed by atoms with E-state index < -0.39 is 5.97 Å². The van der Waals surface area contributed by atoms with E-state index in [1.165, 1.54) is 0 Å². The fourth-order valence-electron chi connectivity index (χ4n) is 2.59. The van der Waals surface area contributed by atoms with E-state index >= 15 is 0 Å². The van der Waals surface area contributed by atoms with Crippen LogP contribution in [0, 0.1) is 5.92 Å². The van der Waals surface area contributed by atoms with E-state index in [9.17, 15) is 9.59 Å². The van der Waals surface area contributed by atoms with Crippen molar-refractivity contribution in [2.45, 2.75) is 25.7 Å². The summed E-state index contributed by atoms with van der Waals surface area (Å²) in [5.41, 5.74) is 0. The number of nitrogens with one attached hydrogen (secondary N) is 1. The summed E-state index contributed by atoms with van der Waals surface area (Å²) in [6.07, 6.45) is 4.10. The Bertz CT molecular complexity index is 502. The van der Waals surface area contributed by atoms with Gasteiger partial charge in [0.25, 0.3) is 0 Å². The van der Waals surface area contributed by atoms with Crippen LogP contribution in [0.2, 0.25) is 0 Å². The summed E-state index contributed by atoms with van der Waals surface area (Å²) < 4.78 is 1.82. The summed E-state index contributed by atoms with van der Waals surface area (Å²) in [7, 11) is 1.86. The van der Waals surface area contributed by atoms with Gasteiger partial charge in [0.1, 0.15) is 12.2 Å². The zero-order valence-corrected chi connectivity index (χ0v) is 12.2. The molecule has 1 aliphatic heterocycles. The van der Waals surface area contributed by atoms with Gasteiger partial charge in [-0.3, -0.25) is 4.79 Å². The van der Waals surface area contributed by atoms with Crippen molar-refractivity contribution in [2.75, 3.05) is 19.6 Å². The standard InChI is InChI=1S/C13H21N5O3/c1-17-9-15-16-11(17)4-5-14-13(21)18-6-2-3-10(8-18)7-12(19)20/h9-10H,2-8H2,1H3,(H,14,21)(H,19,20). The zero-order chi connectivity index (χ0) is 15.2. The average Bonchev–Trinajstić information content (AvgIpc) is 2.84. The summed E-state index contributed by atoms with van der Waals surface area (Å²) in [5.74, 6) is 0.0722. The molecule has 8 heteroatoms. The molecule has 1 aromatic heterocycles. The average molecular weight is 295 g/mol. The molecular formula is C13H21N5O3.